The Balaban J connectivity index is 2.32. The lowest BCUT2D eigenvalue weighted by atomic mass is 10.2. The van der Waals surface area contributed by atoms with Crippen LogP contribution in [-0.4, -0.2) is 51.8 Å². The largest absolute Gasteiger partial charge is 0.480 e. The summed E-state index contributed by atoms with van der Waals surface area (Å²) >= 11 is 0. The van der Waals surface area contributed by atoms with Gasteiger partial charge in [-0.1, -0.05) is 51.9 Å². The maximum atomic E-state index is 11.7. The molecule has 0 aromatic heterocycles. The van der Waals surface area contributed by atoms with Crippen LogP contribution in [0.5, 0.6) is 0 Å². The molecule has 0 saturated carbocycles. The number of aliphatic carboxylic acids is 2. The Morgan fingerprint density at radius 2 is 1.71 bits per heavy atom. The van der Waals surface area contributed by atoms with Gasteiger partial charge in [-0.05, 0) is 5.56 Å². The molecule has 0 radical (unpaired) electrons. The number of rotatable bonds is 10. The summed E-state index contributed by atoms with van der Waals surface area (Å²) in [6.45, 7) is 0.0361. The van der Waals surface area contributed by atoms with E-state index in [2.05, 4.69) is 5.32 Å². The van der Waals surface area contributed by atoms with E-state index in [1.54, 1.807) is 24.3 Å². The maximum Gasteiger partial charge on any atom is 0.408 e. The number of carbonyl (C=O) groups is 3. The van der Waals surface area contributed by atoms with Crippen LogP contribution in [0.15, 0.2) is 30.3 Å². The Labute approximate surface area is 146 Å². The molecule has 0 aliphatic rings. The molecule has 1 aromatic rings. The summed E-state index contributed by atoms with van der Waals surface area (Å²) in [5.74, 6) is -2.15. The number of carboxylic acids is 2. The Hall–Kier alpha value is -1.91. The first kappa shape index (κ1) is 20.1. The third-order valence-electron chi connectivity index (χ3n) is 2.69. The average Bonchev–Trinajstić information content (AvgIpc) is 2.56. The molecular formula is C14H18N2O6S2. The Bertz CT molecular complexity index is 557. The van der Waals surface area contributed by atoms with Gasteiger partial charge in [0.25, 0.3) is 0 Å². The van der Waals surface area contributed by atoms with Crippen LogP contribution in [0.2, 0.25) is 0 Å². The molecule has 1 amide bonds. The van der Waals surface area contributed by atoms with Crippen molar-refractivity contribution in [1.29, 1.82) is 0 Å². The second-order valence-electron chi connectivity index (χ2n) is 4.61. The number of benzene rings is 1. The molecule has 0 spiro atoms. The van der Waals surface area contributed by atoms with Gasteiger partial charge in [0.1, 0.15) is 18.7 Å². The highest BCUT2D eigenvalue weighted by atomic mass is 33.1. The molecule has 2 atom stereocenters. The van der Waals surface area contributed by atoms with Gasteiger partial charge in [0.15, 0.2) is 0 Å². The van der Waals surface area contributed by atoms with Crippen molar-refractivity contribution in [2.24, 2.45) is 5.73 Å². The van der Waals surface area contributed by atoms with Crippen LogP contribution in [0.3, 0.4) is 0 Å². The van der Waals surface area contributed by atoms with E-state index in [-0.39, 0.29) is 18.1 Å². The van der Waals surface area contributed by atoms with Crippen LogP contribution in [0, 0.1) is 0 Å². The van der Waals surface area contributed by atoms with Gasteiger partial charge in [0.05, 0.1) is 0 Å². The van der Waals surface area contributed by atoms with E-state index in [0.29, 0.717) is 0 Å². The molecule has 0 saturated heterocycles. The van der Waals surface area contributed by atoms with E-state index in [4.69, 9.17) is 20.7 Å². The summed E-state index contributed by atoms with van der Waals surface area (Å²) in [6, 6.07) is 6.81. The smallest absolute Gasteiger partial charge is 0.408 e. The standard InChI is InChI=1S/C14H18N2O6S2/c15-10(12(17)18)7-23-24-8-11(13(19)20)16-14(21)22-6-9-4-2-1-3-5-9/h1-5,10-11H,6-8,15H2,(H,16,21)(H,17,18)(H,19,20)/t10?,11-/m0/s1. The zero-order chi connectivity index (χ0) is 17.9. The van der Waals surface area contributed by atoms with Gasteiger partial charge in [0, 0.05) is 11.5 Å². The number of amides is 1. The van der Waals surface area contributed by atoms with E-state index in [0.717, 1.165) is 27.2 Å². The number of nitrogens with one attached hydrogen (secondary N) is 1. The SMILES string of the molecule is NC(CSSC[C@H](NC(=O)OCc1ccccc1)C(=O)O)C(=O)O. The first-order valence-corrected chi connectivity index (χ1v) is 9.31. The van der Waals surface area contributed by atoms with Crippen molar-refractivity contribution in [2.45, 2.75) is 18.7 Å². The van der Waals surface area contributed by atoms with Crippen LogP contribution in [0.4, 0.5) is 4.79 Å². The van der Waals surface area contributed by atoms with Crippen molar-refractivity contribution in [3.63, 3.8) is 0 Å². The fraction of sp³-hybridized carbons (Fsp3) is 0.357. The van der Waals surface area contributed by atoms with E-state index < -0.39 is 30.1 Å². The summed E-state index contributed by atoms with van der Waals surface area (Å²) in [4.78, 5) is 33.3. The third-order valence-corrected chi connectivity index (χ3v) is 5.13. The number of alkyl carbamates (subject to hydrolysis) is 1. The number of carboxylic acid groups (broad SMARTS) is 2. The summed E-state index contributed by atoms with van der Waals surface area (Å²) in [5, 5.41) is 20.0. The molecule has 8 nitrogen and oxygen atoms in total. The highest BCUT2D eigenvalue weighted by Crippen LogP contribution is 2.22. The first-order valence-electron chi connectivity index (χ1n) is 6.83. The highest BCUT2D eigenvalue weighted by molar-refractivity contribution is 8.76. The lowest BCUT2D eigenvalue weighted by molar-refractivity contribution is -0.139. The molecule has 1 unspecified atom stereocenters. The number of hydrogen-bond acceptors (Lipinski definition) is 7. The molecule has 5 N–H and O–H groups in total. The Morgan fingerprint density at radius 3 is 2.29 bits per heavy atom. The predicted molar refractivity (Wildman–Crippen MR) is 91.7 cm³/mol. The molecule has 0 fully saturated rings. The summed E-state index contributed by atoms with van der Waals surface area (Å²) in [5.41, 5.74) is 6.11. The number of nitrogens with two attached hydrogens (primary N) is 1. The minimum absolute atomic E-state index is 0.0361. The van der Waals surface area contributed by atoms with Crippen molar-refractivity contribution in [1.82, 2.24) is 5.32 Å². The van der Waals surface area contributed by atoms with Crippen LogP contribution in [0.1, 0.15) is 5.56 Å². The Kier molecular flexibility index (Phi) is 9.05. The normalized spacial score (nSPS) is 12.9. The van der Waals surface area contributed by atoms with Crippen molar-refractivity contribution in [3.05, 3.63) is 35.9 Å². The van der Waals surface area contributed by atoms with Crippen LogP contribution in [0.25, 0.3) is 0 Å². The van der Waals surface area contributed by atoms with Gasteiger partial charge in [-0.25, -0.2) is 9.59 Å². The lowest BCUT2D eigenvalue weighted by Crippen LogP contribution is -2.42. The molecule has 0 aliphatic heterocycles. The van der Waals surface area contributed by atoms with Gasteiger partial charge in [-0.3, -0.25) is 4.79 Å². The van der Waals surface area contributed by atoms with E-state index >= 15 is 0 Å². The number of ether oxygens (including phenoxy) is 1. The van der Waals surface area contributed by atoms with Crippen molar-refractivity contribution in [2.75, 3.05) is 11.5 Å². The lowest BCUT2D eigenvalue weighted by Gasteiger charge is -2.14. The fourth-order valence-corrected chi connectivity index (χ4v) is 3.66. The molecule has 132 valence electrons. The van der Waals surface area contributed by atoms with Gasteiger partial charge in [0.2, 0.25) is 0 Å². The minimum Gasteiger partial charge on any atom is -0.480 e. The van der Waals surface area contributed by atoms with E-state index in [9.17, 15) is 14.4 Å². The Morgan fingerprint density at radius 1 is 1.08 bits per heavy atom. The summed E-state index contributed by atoms with van der Waals surface area (Å²) in [7, 11) is 2.24. The quantitative estimate of drug-likeness (QED) is 0.351. The predicted octanol–water partition coefficient (Wildman–Crippen LogP) is 1.16. The van der Waals surface area contributed by atoms with Gasteiger partial charge >= 0.3 is 18.0 Å². The van der Waals surface area contributed by atoms with Crippen LogP contribution in [-0.2, 0) is 20.9 Å². The van der Waals surface area contributed by atoms with Gasteiger partial charge < -0.3 is 26.0 Å². The zero-order valence-corrected chi connectivity index (χ0v) is 14.2. The topological polar surface area (TPSA) is 139 Å². The average molecular weight is 374 g/mol. The second-order valence-corrected chi connectivity index (χ2v) is 7.16. The minimum atomic E-state index is -1.21. The van der Waals surface area contributed by atoms with Crippen molar-refractivity contribution in [3.8, 4) is 0 Å². The van der Waals surface area contributed by atoms with Crippen molar-refractivity contribution >= 4 is 39.6 Å². The fourth-order valence-electron chi connectivity index (χ4n) is 1.39. The first-order chi connectivity index (χ1) is 11.4. The van der Waals surface area contributed by atoms with Gasteiger partial charge in [-0.15, -0.1) is 0 Å². The van der Waals surface area contributed by atoms with Crippen molar-refractivity contribution < 1.29 is 29.3 Å². The van der Waals surface area contributed by atoms with Crippen LogP contribution >= 0.6 is 21.6 Å². The summed E-state index contributed by atoms with van der Waals surface area (Å²) < 4.78 is 4.96. The molecule has 0 bridgehead atoms. The highest BCUT2D eigenvalue weighted by Gasteiger charge is 2.21. The molecule has 24 heavy (non-hydrogen) atoms. The number of carbonyl (C=O) groups excluding carboxylic acids is 1. The van der Waals surface area contributed by atoms with E-state index in [1.165, 1.54) is 0 Å². The third kappa shape index (κ3) is 8.09. The molecule has 10 heteroatoms. The molecule has 0 aliphatic carbocycles. The zero-order valence-electron chi connectivity index (χ0n) is 12.6. The molecule has 1 rings (SSSR count). The summed E-state index contributed by atoms with van der Waals surface area (Å²) in [6.07, 6.45) is -0.834. The monoisotopic (exact) mass is 374 g/mol. The molecule has 0 heterocycles. The maximum absolute atomic E-state index is 11.7. The number of hydrogen-bond donors (Lipinski definition) is 4. The van der Waals surface area contributed by atoms with Crippen LogP contribution < -0.4 is 11.1 Å². The van der Waals surface area contributed by atoms with E-state index in [1.807, 2.05) is 6.07 Å². The molecule has 1 aromatic carbocycles. The van der Waals surface area contributed by atoms with Gasteiger partial charge in [-0.2, -0.15) is 0 Å². The second kappa shape index (κ2) is 10.8. The molecular weight excluding hydrogens is 356 g/mol.